The van der Waals surface area contributed by atoms with E-state index in [1.54, 1.807) is 0 Å². The number of hydrogen-bond donors (Lipinski definition) is 2. The van der Waals surface area contributed by atoms with Crippen LogP contribution in [-0.2, 0) is 21.4 Å². The van der Waals surface area contributed by atoms with Crippen molar-refractivity contribution in [3.63, 3.8) is 0 Å². The first-order valence-corrected chi connectivity index (χ1v) is 9.41. The van der Waals surface area contributed by atoms with E-state index in [0.29, 0.717) is 5.92 Å². The zero-order chi connectivity index (χ0) is 17.9. The number of nitrogens with one attached hydrogen (secondary N) is 1. The summed E-state index contributed by atoms with van der Waals surface area (Å²) < 4.78 is 5.38. The Morgan fingerprint density at radius 1 is 1.46 bits per heavy atom. The Hall–Kier alpha value is -2.11. The van der Waals surface area contributed by atoms with Crippen molar-refractivity contribution >= 4 is 16.9 Å². The largest absolute Gasteiger partial charge is 0.468 e. The van der Waals surface area contributed by atoms with Crippen molar-refractivity contribution in [3.8, 4) is 0 Å². The molecule has 4 aliphatic rings. The number of H-pyrrole nitrogens is 1. The molecule has 1 aromatic carbocycles. The number of carbonyl (C=O) groups excluding carboxylic acids is 1. The number of methoxy groups -OCH3 is 1. The minimum atomic E-state index is -0.707. The Bertz CT molecular complexity index is 915. The van der Waals surface area contributed by atoms with Gasteiger partial charge in [0.05, 0.1) is 19.8 Å². The number of ether oxygens (including phenoxy) is 1. The molecule has 4 atom stereocenters. The molecule has 0 radical (unpaired) electrons. The summed E-state index contributed by atoms with van der Waals surface area (Å²) in [5.74, 6) is 0.254. The molecule has 2 saturated heterocycles. The van der Waals surface area contributed by atoms with E-state index in [4.69, 9.17) is 4.74 Å². The zero-order valence-corrected chi connectivity index (χ0v) is 15.0. The van der Waals surface area contributed by atoms with Crippen molar-refractivity contribution in [1.82, 2.24) is 9.88 Å². The third kappa shape index (κ3) is 1.96. The molecule has 1 saturated carbocycles. The Morgan fingerprint density at radius 2 is 2.31 bits per heavy atom. The molecule has 3 fully saturated rings. The number of benzene rings is 1. The van der Waals surface area contributed by atoms with Gasteiger partial charge in [-0.15, -0.1) is 0 Å². The highest BCUT2D eigenvalue weighted by atomic mass is 16.5. The number of carbonyl (C=O) groups is 1. The van der Waals surface area contributed by atoms with Crippen LogP contribution in [0.15, 0.2) is 35.9 Å². The van der Waals surface area contributed by atoms with Crippen molar-refractivity contribution in [1.29, 1.82) is 0 Å². The standard InChI is InChI=1S/C21H24N2O3/c1-26-20(25)21-11-13-10-14(7-9-24)19(21)23(12-13)8-6-16-15-4-2-3-5-17(15)22-18(16)21/h2-5,7,13,19,22,24H,6,8-12H2,1H3/b14-7+/t13?,19?,21-/m1/s1. The van der Waals surface area contributed by atoms with E-state index in [2.05, 4.69) is 28.1 Å². The molecule has 0 spiro atoms. The molecule has 5 heteroatoms. The second-order valence-electron chi connectivity index (χ2n) is 7.87. The van der Waals surface area contributed by atoms with E-state index in [1.165, 1.54) is 23.6 Å². The summed E-state index contributed by atoms with van der Waals surface area (Å²) in [4.78, 5) is 19.3. The Balaban J connectivity index is 1.81. The molecule has 2 aromatic rings. The Labute approximate surface area is 152 Å². The molecule has 4 bridgehead atoms. The molecular weight excluding hydrogens is 328 g/mol. The quantitative estimate of drug-likeness (QED) is 0.642. The summed E-state index contributed by atoms with van der Waals surface area (Å²) >= 11 is 0. The molecule has 1 aliphatic carbocycles. The van der Waals surface area contributed by atoms with Crippen LogP contribution in [0.4, 0.5) is 0 Å². The van der Waals surface area contributed by atoms with E-state index < -0.39 is 5.41 Å². The van der Waals surface area contributed by atoms with Crippen LogP contribution in [0.25, 0.3) is 10.9 Å². The number of aliphatic hydroxyl groups is 1. The van der Waals surface area contributed by atoms with Gasteiger partial charge in [0, 0.05) is 29.7 Å². The molecule has 1 aromatic heterocycles. The number of aromatic amines is 1. The van der Waals surface area contributed by atoms with Gasteiger partial charge in [0.1, 0.15) is 5.41 Å². The molecule has 5 nitrogen and oxygen atoms in total. The van der Waals surface area contributed by atoms with Crippen molar-refractivity contribution < 1.29 is 14.6 Å². The summed E-state index contributed by atoms with van der Waals surface area (Å²) in [5.41, 5.74) is 3.85. The number of hydrogen-bond acceptors (Lipinski definition) is 4. The van der Waals surface area contributed by atoms with Crippen molar-refractivity contribution in [2.45, 2.75) is 30.7 Å². The number of aromatic nitrogens is 1. The minimum absolute atomic E-state index is 0.0171. The maximum absolute atomic E-state index is 13.3. The highest BCUT2D eigenvalue weighted by Gasteiger charge is 2.61. The fourth-order valence-electron chi connectivity index (χ4n) is 5.86. The number of para-hydroxylation sites is 1. The number of rotatable bonds is 2. The average molecular weight is 352 g/mol. The van der Waals surface area contributed by atoms with Gasteiger partial charge < -0.3 is 14.8 Å². The van der Waals surface area contributed by atoms with Crippen LogP contribution in [0, 0.1) is 5.92 Å². The van der Waals surface area contributed by atoms with Gasteiger partial charge >= 0.3 is 5.97 Å². The summed E-state index contributed by atoms with van der Waals surface area (Å²) in [6.07, 6.45) is 4.61. The zero-order valence-electron chi connectivity index (χ0n) is 15.0. The van der Waals surface area contributed by atoms with Gasteiger partial charge in [-0.3, -0.25) is 9.69 Å². The maximum Gasteiger partial charge on any atom is 0.319 e. The highest BCUT2D eigenvalue weighted by molar-refractivity contribution is 5.92. The topological polar surface area (TPSA) is 65.6 Å². The SMILES string of the molecule is COC(=O)[C@@]12CC3C/C(=C\CO)C1N(CCc1c2[nH]c2ccccc12)C3. The van der Waals surface area contributed by atoms with E-state index in [9.17, 15) is 9.90 Å². The maximum atomic E-state index is 13.3. The minimum Gasteiger partial charge on any atom is -0.468 e. The predicted octanol–water partition coefficient (Wildman–Crippen LogP) is 2.15. The second-order valence-corrected chi connectivity index (χ2v) is 7.87. The highest BCUT2D eigenvalue weighted by Crippen LogP contribution is 2.54. The molecular formula is C21H24N2O3. The average Bonchev–Trinajstić information content (AvgIpc) is 3.00. The molecule has 2 N–H and O–H groups in total. The molecule has 3 aliphatic heterocycles. The van der Waals surface area contributed by atoms with Gasteiger partial charge in [-0.25, -0.2) is 0 Å². The molecule has 26 heavy (non-hydrogen) atoms. The van der Waals surface area contributed by atoms with E-state index in [0.717, 1.165) is 43.6 Å². The van der Waals surface area contributed by atoms with Crippen LogP contribution in [0.5, 0.6) is 0 Å². The fourth-order valence-corrected chi connectivity index (χ4v) is 5.86. The summed E-state index contributed by atoms with van der Waals surface area (Å²) in [7, 11) is 1.49. The van der Waals surface area contributed by atoms with Gasteiger partial charge in [0.2, 0.25) is 0 Å². The molecule has 4 heterocycles. The summed E-state index contributed by atoms with van der Waals surface area (Å²) in [6.45, 7) is 1.97. The third-order valence-electron chi connectivity index (χ3n) is 6.62. The smallest absolute Gasteiger partial charge is 0.319 e. The van der Waals surface area contributed by atoms with Crippen molar-refractivity contribution in [2.24, 2.45) is 5.92 Å². The fraction of sp³-hybridized carbons (Fsp3) is 0.476. The normalized spacial score (nSPS) is 33.9. The summed E-state index contributed by atoms with van der Waals surface area (Å²) in [5, 5.41) is 10.8. The third-order valence-corrected chi connectivity index (χ3v) is 6.62. The number of nitrogens with zero attached hydrogens (tertiary/aromatic N) is 1. The van der Waals surface area contributed by atoms with Crippen LogP contribution in [0.3, 0.4) is 0 Å². The van der Waals surface area contributed by atoms with E-state index in [-0.39, 0.29) is 18.6 Å². The number of fused-ring (bicyclic) bond motifs is 4. The van der Waals surface area contributed by atoms with E-state index >= 15 is 0 Å². The van der Waals surface area contributed by atoms with Crippen LogP contribution in [0.1, 0.15) is 24.1 Å². The van der Waals surface area contributed by atoms with E-state index in [1.807, 2.05) is 12.1 Å². The second kappa shape index (κ2) is 5.69. The van der Waals surface area contributed by atoms with Crippen molar-refractivity contribution in [2.75, 3.05) is 26.8 Å². The first-order valence-electron chi connectivity index (χ1n) is 9.41. The Morgan fingerprint density at radius 3 is 3.12 bits per heavy atom. The van der Waals surface area contributed by atoms with Crippen LogP contribution in [-0.4, -0.2) is 53.8 Å². The van der Waals surface area contributed by atoms with Crippen LogP contribution >= 0.6 is 0 Å². The molecule has 6 rings (SSSR count). The molecule has 136 valence electrons. The van der Waals surface area contributed by atoms with Gasteiger partial charge in [0.15, 0.2) is 0 Å². The van der Waals surface area contributed by atoms with Gasteiger partial charge in [-0.2, -0.15) is 0 Å². The number of piperidine rings is 2. The Kier molecular flexibility index (Phi) is 3.52. The lowest BCUT2D eigenvalue weighted by molar-refractivity contribution is -0.155. The predicted molar refractivity (Wildman–Crippen MR) is 99.0 cm³/mol. The summed E-state index contributed by atoms with van der Waals surface area (Å²) in [6, 6.07) is 8.28. The van der Waals surface area contributed by atoms with Crippen molar-refractivity contribution in [3.05, 3.63) is 47.2 Å². The van der Waals surface area contributed by atoms with Gasteiger partial charge in [0.25, 0.3) is 0 Å². The lowest BCUT2D eigenvalue weighted by Gasteiger charge is -2.55. The van der Waals surface area contributed by atoms with Gasteiger partial charge in [-0.1, -0.05) is 29.8 Å². The van der Waals surface area contributed by atoms with Crippen LogP contribution in [0.2, 0.25) is 0 Å². The first kappa shape index (κ1) is 16.1. The number of aliphatic hydroxyl groups excluding tert-OH is 1. The monoisotopic (exact) mass is 352 g/mol. The lowest BCUT2D eigenvalue weighted by atomic mass is 9.59. The van der Waals surface area contributed by atoms with Gasteiger partial charge in [-0.05, 0) is 36.8 Å². The number of esters is 1. The first-order chi connectivity index (χ1) is 12.7. The molecule has 3 unspecified atom stereocenters. The molecule has 0 amide bonds. The van der Waals surface area contributed by atoms with Crippen LogP contribution < -0.4 is 0 Å². The lowest BCUT2D eigenvalue weighted by Crippen LogP contribution is -2.65.